The summed E-state index contributed by atoms with van der Waals surface area (Å²) in [4.78, 5) is 26.3. The molecule has 4 aromatic rings. The lowest BCUT2D eigenvalue weighted by molar-refractivity contribution is -0.142. The van der Waals surface area contributed by atoms with Crippen LogP contribution in [-0.2, 0) is 4.79 Å². The van der Waals surface area contributed by atoms with Crippen LogP contribution in [0.15, 0.2) is 96.1 Å². The highest BCUT2D eigenvalue weighted by Crippen LogP contribution is 2.22. The summed E-state index contributed by atoms with van der Waals surface area (Å²) in [7, 11) is 0. The first-order valence-corrected chi connectivity index (χ1v) is 11.9. The molecular formula is C28H27N3O5. The van der Waals surface area contributed by atoms with E-state index in [9.17, 15) is 14.7 Å². The maximum atomic E-state index is 13.0. The SMILES string of the molecule is O=C(O)[C@@H]1CCCN1CCOc1ccc(-n2ccn(-c3ccc(Oc4ccccc4)cc3)c2=O)cc1. The monoisotopic (exact) mass is 485 g/mol. The van der Waals surface area contributed by atoms with Crippen molar-refractivity contribution in [3.63, 3.8) is 0 Å². The van der Waals surface area contributed by atoms with Crippen molar-refractivity contribution in [1.82, 2.24) is 14.0 Å². The van der Waals surface area contributed by atoms with Crippen molar-refractivity contribution >= 4 is 5.97 Å². The Kier molecular flexibility index (Phi) is 6.86. The number of imidazole rings is 1. The van der Waals surface area contributed by atoms with E-state index in [2.05, 4.69) is 0 Å². The normalized spacial score (nSPS) is 15.6. The molecule has 1 fully saturated rings. The van der Waals surface area contributed by atoms with Crippen molar-refractivity contribution in [1.29, 1.82) is 0 Å². The molecule has 3 aromatic carbocycles. The molecule has 5 rings (SSSR count). The minimum atomic E-state index is -0.773. The highest BCUT2D eigenvalue weighted by atomic mass is 16.5. The van der Waals surface area contributed by atoms with Crippen molar-refractivity contribution in [2.45, 2.75) is 18.9 Å². The number of benzene rings is 3. The van der Waals surface area contributed by atoms with Gasteiger partial charge in [-0.15, -0.1) is 0 Å². The highest BCUT2D eigenvalue weighted by Gasteiger charge is 2.29. The molecule has 0 saturated carbocycles. The standard InChI is InChI=1S/C28H27N3O5/c32-27(33)26-7-4-16-29(26)19-20-35-23-12-8-21(9-13-23)30-17-18-31(28(30)34)22-10-14-25(15-11-22)36-24-5-2-1-3-6-24/h1-3,5-6,8-15,17-18,26H,4,7,16,19-20H2,(H,32,33)/t26-/m0/s1. The quantitative estimate of drug-likeness (QED) is 0.379. The molecule has 1 saturated heterocycles. The molecule has 1 aliphatic heterocycles. The average Bonchev–Trinajstić information content (AvgIpc) is 3.53. The van der Waals surface area contributed by atoms with Crippen molar-refractivity contribution in [3.8, 4) is 28.6 Å². The Morgan fingerprint density at radius 2 is 1.42 bits per heavy atom. The molecule has 1 aliphatic rings. The van der Waals surface area contributed by atoms with Crippen LogP contribution in [-0.4, -0.2) is 50.8 Å². The summed E-state index contributed by atoms with van der Waals surface area (Å²) in [6, 6.07) is 23.7. The lowest BCUT2D eigenvalue weighted by atomic mass is 10.2. The van der Waals surface area contributed by atoms with E-state index in [0.717, 1.165) is 30.1 Å². The maximum Gasteiger partial charge on any atom is 0.337 e. The van der Waals surface area contributed by atoms with Crippen LogP contribution >= 0.6 is 0 Å². The van der Waals surface area contributed by atoms with Crippen LogP contribution in [0.3, 0.4) is 0 Å². The molecule has 8 nitrogen and oxygen atoms in total. The second-order valence-corrected chi connectivity index (χ2v) is 8.60. The van der Waals surface area contributed by atoms with Crippen molar-refractivity contribution < 1.29 is 19.4 Å². The zero-order valence-electron chi connectivity index (χ0n) is 19.7. The van der Waals surface area contributed by atoms with E-state index in [1.807, 2.05) is 83.8 Å². The van der Waals surface area contributed by atoms with Crippen LogP contribution in [0.2, 0.25) is 0 Å². The number of nitrogens with zero attached hydrogens (tertiary/aromatic N) is 3. The second kappa shape index (κ2) is 10.5. The van der Waals surface area contributed by atoms with E-state index >= 15 is 0 Å². The van der Waals surface area contributed by atoms with Gasteiger partial charge in [0.25, 0.3) is 0 Å². The molecule has 184 valence electrons. The summed E-state index contributed by atoms with van der Waals surface area (Å²) < 4.78 is 14.8. The molecule has 0 aliphatic carbocycles. The summed E-state index contributed by atoms with van der Waals surface area (Å²) >= 11 is 0. The van der Waals surface area contributed by atoms with Gasteiger partial charge in [0, 0.05) is 18.9 Å². The fourth-order valence-corrected chi connectivity index (χ4v) is 4.43. The van der Waals surface area contributed by atoms with Crippen LogP contribution < -0.4 is 15.2 Å². The van der Waals surface area contributed by atoms with Crippen LogP contribution in [0, 0.1) is 0 Å². The Bertz CT molecular complexity index is 1360. The highest BCUT2D eigenvalue weighted by molar-refractivity contribution is 5.73. The Labute approximate surface area is 208 Å². The number of carbonyl (C=O) groups is 1. The van der Waals surface area contributed by atoms with Crippen molar-refractivity contribution in [2.24, 2.45) is 0 Å². The van der Waals surface area contributed by atoms with Gasteiger partial charge >= 0.3 is 11.7 Å². The van der Waals surface area contributed by atoms with Gasteiger partial charge in [0.05, 0.1) is 11.4 Å². The number of aliphatic carboxylic acids is 1. The molecule has 1 atom stereocenters. The van der Waals surface area contributed by atoms with E-state index < -0.39 is 12.0 Å². The maximum absolute atomic E-state index is 13.0. The van der Waals surface area contributed by atoms with E-state index in [-0.39, 0.29) is 5.69 Å². The third-order valence-electron chi connectivity index (χ3n) is 6.28. The van der Waals surface area contributed by atoms with Gasteiger partial charge in [0.2, 0.25) is 0 Å². The Balaban J connectivity index is 1.21. The summed E-state index contributed by atoms with van der Waals surface area (Å²) in [5.41, 5.74) is 1.27. The van der Waals surface area contributed by atoms with Crippen LogP contribution in [0.4, 0.5) is 0 Å². The third kappa shape index (κ3) is 5.18. The number of carboxylic acids is 1. The molecule has 0 radical (unpaired) electrons. The number of rotatable bonds is 9. The van der Waals surface area contributed by atoms with Gasteiger partial charge in [0.1, 0.15) is 29.9 Å². The van der Waals surface area contributed by atoms with Gasteiger partial charge in [-0.2, -0.15) is 0 Å². The van der Waals surface area contributed by atoms with E-state index in [4.69, 9.17) is 9.47 Å². The smallest absolute Gasteiger partial charge is 0.337 e. The minimum Gasteiger partial charge on any atom is -0.492 e. The first kappa shape index (κ1) is 23.4. The first-order valence-electron chi connectivity index (χ1n) is 11.9. The molecule has 1 aromatic heterocycles. The number of likely N-dealkylation sites (tertiary alicyclic amines) is 1. The molecule has 1 N–H and O–H groups in total. The topological polar surface area (TPSA) is 85.9 Å². The summed E-state index contributed by atoms with van der Waals surface area (Å²) in [6.07, 6.45) is 5.04. The van der Waals surface area contributed by atoms with Gasteiger partial charge in [-0.25, -0.2) is 4.79 Å². The lowest BCUT2D eigenvalue weighted by Gasteiger charge is -2.20. The molecule has 2 heterocycles. The van der Waals surface area contributed by atoms with Gasteiger partial charge in [-0.1, -0.05) is 18.2 Å². The van der Waals surface area contributed by atoms with Crippen LogP contribution in [0.1, 0.15) is 12.8 Å². The largest absolute Gasteiger partial charge is 0.492 e. The van der Waals surface area contributed by atoms with Gasteiger partial charge < -0.3 is 14.6 Å². The van der Waals surface area contributed by atoms with Crippen LogP contribution in [0.5, 0.6) is 17.2 Å². The number of hydrogen-bond donors (Lipinski definition) is 1. The van der Waals surface area contributed by atoms with Gasteiger partial charge in [-0.05, 0) is 80.1 Å². The zero-order valence-corrected chi connectivity index (χ0v) is 19.7. The number of para-hydroxylation sites is 1. The van der Waals surface area contributed by atoms with Gasteiger partial charge in [-0.3, -0.25) is 18.8 Å². The van der Waals surface area contributed by atoms with E-state index in [1.54, 1.807) is 21.5 Å². The fourth-order valence-electron chi connectivity index (χ4n) is 4.43. The predicted molar refractivity (Wildman–Crippen MR) is 136 cm³/mol. The lowest BCUT2D eigenvalue weighted by Crippen LogP contribution is -2.38. The van der Waals surface area contributed by atoms with E-state index in [0.29, 0.717) is 31.1 Å². The van der Waals surface area contributed by atoms with Crippen molar-refractivity contribution in [2.75, 3.05) is 19.7 Å². The summed E-state index contributed by atoms with van der Waals surface area (Å²) in [5, 5.41) is 9.28. The summed E-state index contributed by atoms with van der Waals surface area (Å²) in [6.45, 7) is 1.75. The molecule has 0 amide bonds. The average molecular weight is 486 g/mol. The molecule has 8 heteroatoms. The Hall–Kier alpha value is -4.30. The Morgan fingerprint density at radius 1 is 0.833 bits per heavy atom. The number of hydrogen-bond acceptors (Lipinski definition) is 5. The fraction of sp³-hybridized carbons (Fsp3) is 0.214. The Morgan fingerprint density at radius 3 is 2.03 bits per heavy atom. The zero-order chi connectivity index (χ0) is 24.9. The first-order chi connectivity index (χ1) is 17.6. The van der Waals surface area contributed by atoms with Crippen molar-refractivity contribution in [3.05, 3.63) is 102 Å². The number of aromatic nitrogens is 2. The molecular weight excluding hydrogens is 458 g/mol. The molecule has 36 heavy (non-hydrogen) atoms. The predicted octanol–water partition coefficient (Wildman–Crippen LogP) is 4.35. The minimum absolute atomic E-state index is 0.186. The van der Waals surface area contributed by atoms with E-state index in [1.165, 1.54) is 0 Å². The molecule has 0 unspecified atom stereocenters. The number of carboxylic acid groups (broad SMARTS) is 1. The molecule has 0 spiro atoms. The second-order valence-electron chi connectivity index (χ2n) is 8.60. The molecule has 0 bridgehead atoms. The van der Waals surface area contributed by atoms with Gasteiger partial charge in [0.15, 0.2) is 0 Å². The van der Waals surface area contributed by atoms with Crippen LogP contribution in [0.25, 0.3) is 11.4 Å². The number of ether oxygens (including phenoxy) is 2. The summed E-state index contributed by atoms with van der Waals surface area (Å²) in [5.74, 6) is 1.34. The third-order valence-corrected chi connectivity index (χ3v) is 6.28.